The maximum atomic E-state index is 5.36. The summed E-state index contributed by atoms with van der Waals surface area (Å²) < 4.78 is 0.948. The fraction of sp³-hybridized carbons (Fsp3) is 0.500. The van der Waals surface area contributed by atoms with Gasteiger partial charge in [0.15, 0.2) is 0 Å². The van der Waals surface area contributed by atoms with Gasteiger partial charge in [0.1, 0.15) is 0 Å². The van der Waals surface area contributed by atoms with E-state index in [9.17, 15) is 0 Å². The van der Waals surface area contributed by atoms with Crippen LogP contribution in [0.4, 0.5) is 0 Å². The van der Waals surface area contributed by atoms with E-state index in [0.29, 0.717) is 11.8 Å². The smallest absolute Gasteiger partial charge is 0.0537 e. The highest BCUT2D eigenvalue weighted by atomic mass is 79.9. The molecule has 7 heavy (non-hydrogen) atoms. The van der Waals surface area contributed by atoms with Crippen molar-refractivity contribution in [2.24, 2.45) is 0 Å². The van der Waals surface area contributed by atoms with Crippen LogP contribution in [-0.2, 0) is 0 Å². The third-order valence-electron chi connectivity index (χ3n) is 0.426. The zero-order valence-electron chi connectivity index (χ0n) is 3.63. The number of allylic oxidation sites excluding steroid dienone is 2. The Labute approximate surface area is 61.6 Å². The highest BCUT2D eigenvalue weighted by Crippen LogP contribution is 2.05. The quantitative estimate of drug-likeness (QED) is 0.606. The fourth-order valence-electron chi connectivity index (χ4n) is 0.138. The molecule has 0 heterocycles. The molecule has 0 aliphatic carbocycles. The fourth-order valence-corrected chi connectivity index (χ4v) is 0.782. The summed E-state index contributed by atoms with van der Waals surface area (Å²) in [6, 6.07) is 0. The normalized spacial score (nSPS) is 12.1. The average Bonchev–Trinajstić information content (AvgIpc) is 1.68. The highest BCUT2D eigenvalue weighted by molar-refractivity contribution is 9.11. The maximum absolute atomic E-state index is 5.36. The zero-order valence-corrected chi connectivity index (χ0v) is 6.72. The van der Waals surface area contributed by atoms with Gasteiger partial charge >= 0.3 is 0 Å². The summed E-state index contributed by atoms with van der Waals surface area (Å²) in [5, 5.41) is 0. The summed E-state index contributed by atoms with van der Waals surface area (Å²) in [6.07, 6.45) is 1.81. The van der Waals surface area contributed by atoms with Crippen LogP contribution in [0, 0.1) is 0 Å². The number of rotatable bonds is 2. The molecule has 0 amide bonds. The molecule has 3 heteroatoms. The Morgan fingerprint density at radius 3 is 2.29 bits per heavy atom. The van der Waals surface area contributed by atoms with Gasteiger partial charge in [0.05, 0.1) is 5.88 Å². The van der Waals surface area contributed by atoms with Crippen LogP contribution in [0.3, 0.4) is 0 Å². The first-order chi connectivity index (χ1) is 3.31. The number of alkyl halides is 2. The number of hydrogen-bond donors (Lipinski definition) is 0. The zero-order chi connectivity index (χ0) is 5.70. The Morgan fingerprint density at radius 1 is 1.57 bits per heavy atom. The molecule has 0 fully saturated rings. The molecule has 0 aromatic rings. The Hall–Kier alpha value is 0.800. The molecule has 0 saturated carbocycles. The molecular formula is C4H5BrCl2. The van der Waals surface area contributed by atoms with Crippen LogP contribution < -0.4 is 0 Å². The summed E-state index contributed by atoms with van der Waals surface area (Å²) in [6.45, 7) is 0. The molecule has 0 bridgehead atoms. The van der Waals surface area contributed by atoms with Gasteiger partial charge in [-0.2, -0.15) is 0 Å². The van der Waals surface area contributed by atoms with Gasteiger partial charge < -0.3 is 0 Å². The van der Waals surface area contributed by atoms with E-state index in [2.05, 4.69) is 15.9 Å². The van der Waals surface area contributed by atoms with Gasteiger partial charge in [-0.1, -0.05) is 22.0 Å². The van der Waals surface area contributed by atoms with Gasteiger partial charge in [-0.05, 0) is 0 Å². The lowest BCUT2D eigenvalue weighted by Gasteiger charge is -1.83. The highest BCUT2D eigenvalue weighted by Gasteiger charge is 1.82. The van der Waals surface area contributed by atoms with Crippen LogP contribution in [0.25, 0.3) is 0 Å². The molecular weight excluding hydrogens is 199 g/mol. The molecule has 42 valence electrons. The van der Waals surface area contributed by atoms with E-state index in [-0.39, 0.29) is 0 Å². The second-order valence-electron chi connectivity index (χ2n) is 0.939. The maximum Gasteiger partial charge on any atom is 0.0537 e. The lowest BCUT2D eigenvalue weighted by atomic mass is 10.6. The van der Waals surface area contributed by atoms with Gasteiger partial charge in [-0.15, -0.1) is 23.2 Å². The van der Waals surface area contributed by atoms with Crippen molar-refractivity contribution in [1.82, 2.24) is 0 Å². The standard InChI is InChI=1S/C4H5BrCl2/c5-4(3-7)1-2-6/h1H,2-3H2/b4-1-. The average molecular weight is 204 g/mol. The van der Waals surface area contributed by atoms with Crippen molar-refractivity contribution in [2.45, 2.75) is 0 Å². The monoisotopic (exact) mass is 202 g/mol. The van der Waals surface area contributed by atoms with Crippen LogP contribution in [0.2, 0.25) is 0 Å². The minimum atomic E-state index is 0.507. The van der Waals surface area contributed by atoms with Gasteiger partial charge in [-0.3, -0.25) is 0 Å². The van der Waals surface area contributed by atoms with E-state index in [0.717, 1.165) is 4.48 Å². The van der Waals surface area contributed by atoms with Crippen molar-refractivity contribution >= 4 is 39.1 Å². The Bertz CT molecular complexity index is 70.1. The predicted octanol–water partition coefficient (Wildman–Crippen LogP) is 2.74. The third-order valence-corrected chi connectivity index (χ3v) is 1.80. The molecule has 0 saturated heterocycles. The lowest BCUT2D eigenvalue weighted by Crippen LogP contribution is -1.70. The summed E-state index contributed by atoms with van der Waals surface area (Å²) >= 11 is 13.8. The lowest BCUT2D eigenvalue weighted by molar-refractivity contribution is 1.62. The minimum Gasteiger partial charge on any atom is -0.122 e. The largest absolute Gasteiger partial charge is 0.122 e. The third kappa shape index (κ3) is 4.66. The Morgan fingerprint density at radius 2 is 2.14 bits per heavy atom. The first-order valence-electron chi connectivity index (χ1n) is 1.77. The van der Waals surface area contributed by atoms with Gasteiger partial charge in [0.25, 0.3) is 0 Å². The predicted molar refractivity (Wildman–Crippen MR) is 38.5 cm³/mol. The van der Waals surface area contributed by atoms with E-state index >= 15 is 0 Å². The molecule has 0 aliphatic rings. The molecule has 0 N–H and O–H groups in total. The van der Waals surface area contributed by atoms with Gasteiger partial charge in [0, 0.05) is 10.4 Å². The van der Waals surface area contributed by atoms with Crippen LogP contribution in [0.5, 0.6) is 0 Å². The van der Waals surface area contributed by atoms with Gasteiger partial charge in [-0.25, -0.2) is 0 Å². The summed E-state index contributed by atoms with van der Waals surface area (Å²) in [5.74, 6) is 1.03. The summed E-state index contributed by atoms with van der Waals surface area (Å²) in [7, 11) is 0. The second-order valence-corrected chi connectivity index (χ2v) is 2.53. The first kappa shape index (κ1) is 7.80. The van der Waals surface area contributed by atoms with E-state index in [1.807, 2.05) is 6.08 Å². The molecule has 0 radical (unpaired) electrons. The summed E-state index contributed by atoms with van der Waals surface area (Å²) in [5.41, 5.74) is 0. The van der Waals surface area contributed by atoms with Crippen LogP contribution in [0.15, 0.2) is 10.6 Å². The molecule has 0 spiro atoms. The first-order valence-corrected chi connectivity index (χ1v) is 3.64. The Balaban J connectivity index is 3.29. The van der Waals surface area contributed by atoms with Crippen LogP contribution in [0.1, 0.15) is 0 Å². The van der Waals surface area contributed by atoms with E-state index in [4.69, 9.17) is 23.2 Å². The number of hydrogen-bond acceptors (Lipinski definition) is 0. The van der Waals surface area contributed by atoms with Crippen molar-refractivity contribution in [1.29, 1.82) is 0 Å². The van der Waals surface area contributed by atoms with Crippen molar-refractivity contribution in [3.05, 3.63) is 10.6 Å². The Kier molecular flexibility index (Phi) is 5.51. The molecule has 0 atom stereocenters. The van der Waals surface area contributed by atoms with Crippen molar-refractivity contribution < 1.29 is 0 Å². The molecule has 0 unspecified atom stereocenters. The van der Waals surface area contributed by atoms with Crippen molar-refractivity contribution in [2.75, 3.05) is 11.8 Å². The van der Waals surface area contributed by atoms with E-state index in [1.54, 1.807) is 0 Å². The van der Waals surface area contributed by atoms with Crippen molar-refractivity contribution in [3.63, 3.8) is 0 Å². The molecule has 0 nitrogen and oxygen atoms in total. The second kappa shape index (κ2) is 4.95. The SMILES string of the molecule is ClC/C=C(\Br)CCl. The molecule has 0 aromatic heterocycles. The molecule has 0 rings (SSSR count). The molecule has 0 aliphatic heterocycles. The van der Waals surface area contributed by atoms with E-state index in [1.165, 1.54) is 0 Å². The van der Waals surface area contributed by atoms with Crippen LogP contribution >= 0.6 is 39.1 Å². The van der Waals surface area contributed by atoms with Gasteiger partial charge in [0.2, 0.25) is 0 Å². The number of halogens is 3. The summed E-state index contributed by atoms with van der Waals surface area (Å²) in [4.78, 5) is 0. The van der Waals surface area contributed by atoms with E-state index < -0.39 is 0 Å². The van der Waals surface area contributed by atoms with Crippen LogP contribution in [-0.4, -0.2) is 11.8 Å². The molecule has 0 aromatic carbocycles. The minimum absolute atomic E-state index is 0.507. The van der Waals surface area contributed by atoms with Crippen molar-refractivity contribution in [3.8, 4) is 0 Å². The topological polar surface area (TPSA) is 0 Å².